The fraction of sp³-hybridized carbons (Fsp3) is 0.385. The summed E-state index contributed by atoms with van der Waals surface area (Å²) in [4.78, 5) is 11.7. The lowest BCUT2D eigenvalue weighted by Gasteiger charge is -2.13. The van der Waals surface area contributed by atoms with Crippen molar-refractivity contribution in [1.82, 2.24) is 0 Å². The minimum Gasteiger partial charge on any atom is -0.465 e. The number of rotatable bonds is 2. The van der Waals surface area contributed by atoms with Gasteiger partial charge in [0.05, 0.1) is 24.2 Å². The molecule has 1 aliphatic carbocycles. The Morgan fingerprint density at radius 2 is 2.29 bits per heavy atom. The van der Waals surface area contributed by atoms with Gasteiger partial charge in [0, 0.05) is 4.47 Å². The van der Waals surface area contributed by atoms with Crippen molar-refractivity contribution in [2.45, 2.75) is 18.8 Å². The Morgan fingerprint density at radius 1 is 1.65 bits per heavy atom. The summed E-state index contributed by atoms with van der Waals surface area (Å²) >= 11 is 3.38. The third-order valence-electron chi connectivity index (χ3n) is 3.38. The van der Waals surface area contributed by atoms with Crippen molar-refractivity contribution < 1.29 is 9.53 Å². The van der Waals surface area contributed by atoms with Crippen LogP contribution in [0.15, 0.2) is 22.7 Å². The molecule has 0 heterocycles. The zero-order chi connectivity index (χ0) is 12.6. The molecule has 1 aliphatic rings. The SMILES string of the molecule is COC(=O)c1ccc(Br)cc1C1(C#N)CC1C. The average Bonchev–Trinajstić information content (AvgIpc) is 3.00. The van der Waals surface area contributed by atoms with Gasteiger partial charge in [0.1, 0.15) is 0 Å². The van der Waals surface area contributed by atoms with Crippen LogP contribution in [0.2, 0.25) is 0 Å². The molecule has 0 N–H and O–H groups in total. The standard InChI is InChI=1S/C13H12BrNO2/c1-8-6-13(8,7-15)11-5-9(14)3-4-10(11)12(16)17-2/h3-5,8H,6H2,1-2H3. The van der Waals surface area contributed by atoms with Crippen LogP contribution in [0.25, 0.3) is 0 Å². The topological polar surface area (TPSA) is 50.1 Å². The lowest BCUT2D eigenvalue weighted by molar-refractivity contribution is 0.0599. The molecule has 0 amide bonds. The van der Waals surface area contributed by atoms with Crippen LogP contribution in [-0.2, 0) is 10.2 Å². The van der Waals surface area contributed by atoms with E-state index in [4.69, 9.17) is 4.74 Å². The molecule has 1 aromatic carbocycles. The minimum absolute atomic E-state index is 0.283. The summed E-state index contributed by atoms with van der Waals surface area (Å²) in [5.41, 5.74) is 0.739. The van der Waals surface area contributed by atoms with Crippen LogP contribution in [0.1, 0.15) is 29.3 Å². The first-order valence-corrected chi connectivity index (χ1v) is 6.14. The van der Waals surface area contributed by atoms with Gasteiger partial charge >= 0.3 is 5.97 Å². The third kappa shape index (κ3) is 1.85. The van der Waals surface area contributed by atoms with Gasteiger partial charge in [-0.15, -0.1) is 0 Å². The summed E-state index contributed by atoms with van der Waals surface area (Å²) in [6.07, 6.45) is 0.796. The highest BCUT2D eigenvalue weighted by atomic mass is 79.9. The van der Waals surface area contributed by atoms with Crippen LogP contribution >= 0.6 is 15.9 Å². The number of benzene rings is 1. The normalized spacial score (nSPS) is 26.1. The Morgan fingerprint density at radius 3 is 2.76 bits per heavy atom. The molecule has 0 radical (unpaired) electrons. The second-order valence-corrected chi connectivity index (χ2v) is 5.29. The summed E-state index contributed by atoms with van der Waals surface area (Å²) in [7, 11) is 1.35. The van der Waals surface area contributed by atoms with Gasteiger partial charge in [-0.3, -0.25) is 0 Å². The van der Waals surface area contributed by atoms with E-state index in [9.17, 15) is 10.1 Å². The van der Waals surface area contributed by atoms with E-state index in [1.165, 1.54) is 7.11 Å². The Bertz CT molecular complexity index is 521. The van der Waals surface area contributed by atoms with Crippen molar-refractivity contribution in [2.75, 3.05) is 7.11 Å². The number of ether oxygens (including phenoxy) is 1. The minimum atomic E-state index is -0.521. The zero-order valence-electron chi connectivity index (χ0n) is 9.66. The molecule has 1 fully saturated rings. The van der Waals surface area contributed by atoms with Crippen molar-refractivity contribution in [3.05, 3.63) is 33.8 Å². The lowest BCUT2D eigenvalue weighted by Crippen LogP contribution is -2.14. The molecule has 3 nitrogen and oxygen atoms in total. The molecule has 0 bridgehead atoms. The highest BCUT2D eigenvalue weighted by Gasteiger charge is 2.54. The van der Waals surface area contributed by atoms with E-state index < -0.39 is 5.41 Å². The molecule has 4 heteroatoms. The van der Waals surface area contributed by atoms with Crippen LogP contribution in [-0.4, -0.2) is 13.1 Å². The summed E-state index contributed by atoms with van der Waals surface area (Å²) in [6, 6.07) is 7.67. The summed E-state index contributed by atoms with van der Waals surface area (Å²) < 4.78 is 5.63. The Balaban J connectivity index is 2.57. The van der Waals surface area contributed by atoms with Gasteiger partial charge in [-0.05, 0) is 36.1 Å². The van der Waals surface area contributed by atoms with Gasteiger partial charge in [0.25, 0.3) is 0 Å². The van der Waals surface area contributed by atoms with Crippen molar-refractivity contribution >= 4 is 21.9 Å². The van der Waals surface area contributed by atoms with Crippen LogP contribution in [0.4, 0.5) is 0 Å². The Hall–Kier alpha value is -1.34. The number of nitriles is 1. The van der Waals surface area contributed by atoms with E-state index in [0.717, 1.165) is 16.5 Å². The van der Waals surface area contributed by atoms with Crippen LogP contribution < -0.4 is 0 Å². The Labute approximate surface area is 109 Å². The van der Waals surface area contributed by atoms with Crippen molar-refractivity contribution in [3.8, 4) is 6.07 Å². The van der Waals surface area contributed by atoms with Crippen molar-refractivity contribution in [3.63, 3.8) is 0 Å². The van der Waals surface area contributed by atoms with Gasteiger partial charge < -0.3 is 4.74 Å². The van der Waals surface area contributed by atoms with Crippen LogP contribution in [0.5, 0.6) is 0 Å². The first-order valence-electron chi connectivity index (χ1n) is 5.34. The lowest BCUT2D eigenvalue weighted by atomic mass is 9.90. The van der Waals surface area contributed by atoms with Crippen molar-refractivity contribution in [2.24, 2.45) is 5.92 Å². The molecule has 0 spiro atoms. The van der Waals surface area contributed by atoms with Crippen LogP contribution in [0, 0.1) is 17.2 Å². The molecule has 17 heavy (non-hydrogen) atoms. The van der Waals surface area contributed by atoms with E-state index in [2.05, 4.69) is 22.0 Å². The van der Waals surface area contributed by atoms with E-state index in [-0.39, 0.29) is 11.9 Å². The second-order valence-electron chi connectivity index (χ2n) is 4.37. The van der Waals surface area contributed by atoms with Gasteiger partial charge in [-0.1, -0.05) is 22.9 Å². The number of carbonyl (C=O) groups excluding carboxylic acids is 1. The average molecular weight is 294 g/mol. The van der Waals surface area contributed by atoms with E-state index >= 15 is 0 Å². The first kappa shape index (κ1) is 12.1. The van der Waals surface area contributed by atoms with E-state index in [0.29, 0.717) is 5.56 Å². The molecule has 2 rings (SSSR count). The predicted octanol–water partition coefficient (Wildman–Crippen LogP) is 3.04. The van der Waals surface area contributed by atoms with E-state index in [1.54, 1.807) is 12.1 Å². The Kier molecular flexibility index (Phi) is 2.96. The summed E-state index contributed by atoms with van der Waals surface area (Å²) in [6.45, 7) is 2.02. The number of carbonyl (C=O) groups is 1. The fourth-order valence-electron chi connectivity index (χ4n) is 2.19. The molecule has 1 saturated carbocycles. The van der Waals surface area contributed by atoms with Crippen molar-refractivity contribution in [1.29, 1.82) is 5.26 Å². The third-order valence-corrected chi connectivity index (χ3v) is 3.87. The van der Waals surface area contributed by atoms with E-state index in [1.807, 2.05) is 13.0 Å². The van der Waals surface area contributed by atoms with Gasteiger partial charge in [-0.25, -0.2) is 4.79 Å². The number of methoxy groups -OCH3 is 1. The maximum absolute atomic E-state index is 11.7. The van der Waals surface area contributed by atoms with Gasteiger partial charge in [0.15, 0.2) is 0 Å². The van der Waals surface area contributed by atoms with Crippen LogP contribution in [0.3, 0.4) is 0 Å². The second kappa shape index (κ2) is 4.15. The molecule has 0 aromatic heterocycles. The molecule has 2 unspecified atom stereocenters. The van der Waals surface area contributed by atoms with Gasteiger partial charge in [-0.2, -0.15) is 5.26 Å². The molecule has 1 aromatic rings. The molecule has 88 valence electrons. The number of halogens is 1. The highest BCUT2D eigenvalue weighted by molar-refractivity contribution is 9.10. The smallest absolute Gasteiger partial charge is 0.338 e. The van der Waals surface area contributed by atoms with Gasteiger partial charge in [0.2, 0.25) is 0 Å². The fourth-order valence-corrected chi connectivity index (χ4v) is 2.55. The summed E-state index contributed by atoms with van der Waals surface area (Å²) in [5, 5.41) is 9.33. The number of hydrogen-bond donors (Lipinski definition) is 0. The first-order chi connectivity index (χ1) is 8.05. The molecule has 2 atom stereocenters. The summed E-state index contributed by atoms with van der Waals surface area (Å²) in [5.74, 6) is -0.105. The molecule has 0 saturated heterocycles. The maximum Gasteiger partial charge on any atom is 0.338 e. The largest absolute Gasteiger partial charge is 0.465 e. The number of esters is 1. The number of hydrogen-bond acceptors (Lipinski definition) is 3. The number of nitrogens with zero attached hydrogens (tertiary/aromatic N) is 1. The maximum atomic E-state index is 11.7. The predicted molar refractivity (Wildman–Crippen MR) is 66.6 cm³/mol. The quantitative estimate of drug-likeness (QED) is 0.788. The zero-order valence-corrected chi connectivity index (χ0v) is 11.2. The molecule has 0 aliphatic heterocycles. The molecular formula is C13H12BrNO2. The highest BCUT2D eigenvalue weighted by Crippen LogP contribution is 2.54. The molecular weight excluding hydrogens is 282 g/mol. The monoisotopic (exact) mass is 293 g/mol.